The van der Waals surface area contributed by atoms with Gasteiger partial charge in [0.15, 0.2) is 0 Å². The Balaban J connectivity index is 1.55. The van der Waals surface area contributed by atoms with Gasteiger partial charge in [-0.3, -0.25) is 15.0 Å². The lowest BCUT2D eigenvalue weighted by molar-refractivity contribution is -0.128. The highest BCUT2D eigenvalue weighted by Gasteiger charge is 2.43. The van der Waals surface area contributed by atoms with E-state index < -0.39 is 43.6 Å². The molecule has 1 aromatic carbocycles. The minimum absolute atomic E-state index is 0.00546. The van der Waals surface area contributed by atoms with Crippen LogP contribution in [0.25, 0.3) is 0 Å². The zero-order valence-corrected chi connectivity index (χ0v) is 23.1. The molecular weight excluding hydrogens is 525 g/mol. The number of aryl methyl sites for hydroxylation is 1. The summed E-state index contributed by atoms with van der Waals surface area (Å²) < 4.78 is 37.8. The number of ether oxygens (including phenoxy) is 1. The van der Waals surface area contributed by atoms with Crippen LogP contribution in [0, 0.1) is 24.2 Å². The van der Waals surface area contributed by atoms with Crippen molar-refractivity contribution in [1.82, 2.24) is 15.1 Å². The number of amides is 2. The van der Waals surface area contributed by atoms with Gasteiger partial charge in [-0.15, -0.1) is 0 Å². The topological polar surface area (TPSA) is 135 Å². The third-order valence-corrected chi connectivity index (χ3v) is 7.20. The third-order valence-electron chi connectivity index (χ3n) is 7.20. The first-order chi connectivity index (χ1) is 18.8. The molecule has 2 heterocycles. The second-order valence-corrected chi connectivity index (χ2v) is 11.0. The average Bonchev–Trinajstić information content (AvgIpc) is 3.27. The van der Waals surface area contributed by atoms with Crippen molar-refractivity contribution in [3.63, 3.8) is 0 Å². The summed E-state index contributed by atoms with van der Waals surface area (Å²) in [5.41, 5.74) is 0.836. The number of alkyl carbamates (subject to hydrolysis) is 1. The maximum Gasteiger partial charge on any atom is 0.635 e. The summed E-state index contributed by atoms with van der Waals surface area (Å²) in [5.74, 6) is -3.47. The Labute approximate surface area is 233 Å². The number of hydrogen-bond acceptors (Lipinski definition) is 8. The molecule has 2 amide bonds. The van der Waals surface area contributed by atoms with Crippen molar-refractivity contribution in [1.29, 1.82) is 5.26 Å². The second-order valence-electron chi connectivity index (χ2n) is 11.0. The van der Waals surface area contributed by atoms with Gasteiger partial charge in [-0.2, -0.15) is 5.26 Å². The van der Waals surface area contributed by atoms with Crippen LogP contribution in [0.4, 0.5) is 13.6 Å². The number of nitrogens with one attached hydrogen (secondary N) is 1. The van der Waals surface area contributed by atoms with E-state index in [2.05, 4.69) is 5.32 Å². The molecule has 0 saturated carbocycles. The highest BCUT2D eigenvalue weighted by atomic mass is 19.3. The lowest BCUT2D eigenvalue weighted by Crippen LogP contribution is -2.45. The molecule has 0 radical (unpaired) electrons. The number of nitriles is 1. The molecule has 13 heteroatoms. The van der Waals surface area contributed by atoms with Crippen molar-refractivity contribution in [2.45, 2.75) is 64.1 Å². The molecule has 1 aromatic rings. The summed E-state index contributed by atoms with van der Waals surface area (Å²) in [4.78, 5) is 28.7. The predicted molar refractivity (Wildman–Crippen MR) is 143 cm³/mol. The molecule has 2 fully saturated rings. The minimum atomic E-state index is -2.79. The third kappa shape index (κ3) is 9.26. The van der Waals surface area contributed by atoms with E-state index in [1.54, 1.807) is 18.7 Å². The smallest absolute Gasteiger partial charge is 0.449 e. The Morgan fingerprint density at radius 1 is 1.30 bits per heavy atom. The molecule has 2 saturated heterocycles. The van der Waals surface area contributed by atoms with E-state index >= 15 is 0 Å². The quantitative estimate of drug-likeness (QED) is 0.171. The lowest BCUT2D eigenvalue weighted by atomic mass is 9.96. The van der Waals surface area contributed by atoms with Crippen LogP contribution in [0.1, 0.15) is 44.2 Å². The summed E-state index contributed by atoms with van der Waals surface area (Å²) >= 11 is 0. The highest BCUT2D eigenvalue weighted by molar-refractivity contribution is 6.32. The molecule has 0 aromatic heterocycles. The van der Waals surface area contributed by atoms with Gasteiger partial charge < -0.3 is 24.3 Å². The van der Waals surface area contributed by atoms with Crippen molar-refractivity contribution in [2.75, 3.05) is 32.8 Å². The molecule has 40 heavy (non-hydrogen) atoms. The zero-order valence-electron chi connectivity index (χ0n) is 23.1. The summed E-state index contributed by atoms with van der Waals surface area (Å²) in [6.07, 6.45) is 0.820. The van der Waals surface area contributed by atoms with E-state index in [4.69, 9.17) is 9.39 Å². The molecule has 0 unspecified atom stereocenters. The fourth-order valence-electron chi connectivity index (χ4n) is 4.96. The number of alkyl halides is 2. The Morgan fingerprint density at radius 3 is 2.60 bits per heavy atom. The van der Waals surface area contributed by atoms with Crippen LogP contribution in [-0.2, 0) is 20.6 Å². The van der Waals surface area contributed by atoms with Crippen LogP contribution in [0.2, 0.25) is 0 Å². The number of rotatable bonds is 10. The van der Waals surface area contributed by atoms with Crippen LogP contribution in [-0.4, -0.2) is 89.6 Å². The first-order valence-electron chi connectivity index (χ1n) is 13.3. The van der Waals surface area contributed by atoms with Gasteiger partial charge in [0.2, 0.25) is 0 Å². The van der Waals surface area contributed by atoms with E-state index in [-0.39, 0.29) is 44.0 Å². The van der Waals surface area contributed by atoms with Crippen molar-refractivity contribution in [2.24, 2.45) is 5.92 Å². The summed E-state index contributed by atoms with van der Waals surface area (Å²) in [6.45, 7) is 5.75. The number of likely N-dealkylation sites (tertiary alicyclic amines) is 2. The molecule has 0 spiro atoms. The van der Waals surface area contributed by atoms with Gasteiger partial charge in [0.1, 0.15) is 17.9 Å². The number of piperidine rings is 1. The maximum atomic E-state index is 13.7. The average molecular weight is 562 g/mol. The summed E-state index contributed by atoms with van der Waals surface area (Å²) in [7, 11) is -2.09. The van der Waals surface area contributed by atoms with E-state index in [0.29, 0.717) is 19.4 Å². The monoisotopic (exact) mass is 562 g/mol. The number of benzene rings is 1. The molecule has 2 aliphatic heterocycles. The van der Waals surface area contributed by atoms with E-state index in [1.165, 1.54) is 11.0 Å². The maximum absolute atomic E-state index is 13.7. The van der Waals surface area contributed by atoms with E-state index in [1.807, 2.05) is 37.3 Å². The molecule has 3 N–H and O–H groups in total. The molecule has 3 rings (SSSR count). The Kier molecular flexibility index (Phi) is 10.7. The van der Waals surface area contributed by atoms with Crippen molar-refractivity contribution < 1.29 is 37.8 Å². The number of hydrogen-bond donors (Lipinski definition) is 3. The Hall–Kier alpha value is -3.05. The summed E-state index contributed by atoms with van der Waals surface area (Å²) in [5, 5.41) is 30.6. The SMILES string of the molecule is Cc1ccc(C[C@H](NC(=O)OC[C@H]2CCCN(C(=O)C(C#N)=CC(C)(C)N3CCC(F)(F)C3)C2)OB(O)O)cc1. The Bertz CT molecular complexity index is 1110. The minimum Gasteiger partial charge on any atom is -0.449 e. The van der Waals surface area contributed by atoms with Crippen molar-refractivity contribution in [3.05, 3.63) is 47.0 Å². The van der Waals surface area contributed by atoms with Gasteiger partial charge in [0.05, 0.1) is 13.2 Å². The van der Waals surface area contributed by atoms with Gasteiger partial charge in [-0.05, 0) is 45.3 Å². The molecule has 218 valence electrons. The standard InChI is InChI=1S/C27H37BF2N4O6/c1-19-6-8-20(9-7-19)13-23(40-28(37)38)32-25(36)39-17-21-5-4-11-33(16-21)24(35)22(15-31)14-26(2,3)34-12-10-27(29,30)18-34/h6-9,14,21,23,37-38H,4-5,10-13,16-18H2,1-3H3,(H,32,36)/t21-,23+/m0/s1. The molecule has 2 aliphatic rings. The number of halogens is 2. The molecule has 10 nitrogen and oxygen atoms in total. The summed E-state index contributed by atoms with van der Waals surface area (Å²) in [6, 6.07) is 9.37. The van der Waals surface area contributed by atoms with Gasteiger partial charge in [-0.1, -0.05) is 29.8 Å². The van der Waals surface area contributed by atoms with Crippen LogP contribution in [0.5, 0.6) is 0 Å². The predicted octanol–water partition coefficient (Wildman–Crippen LogP) is 2.38. The highest BCUT2D eigenvalue weighted by Crippen LogP contribution is 2.33. The van der Waals surface area contributed by atoms with Crippen molar-refractivity contribution in [3.8, 4) is 6.07 Å². The largest absolute Gasteiger partial charge is 0.635 e. The number of carbonyl (C=O) groups is 2. The van der Waals surface area contributed by atoms with Gasteiger partial charge >= 0.3 is 13.4 Å². The second kappa shape index (κ2) is 13.5. The normalized spacial score (nSPS) is 20.5. The fraction of sp³-hybridized carbons (Fsp3) is 0.593. The van der Waals surface area contributed by atoms with E-state index in [0.717, 1.165) is 11.1 Å². The first kappa shape index (κ1) is 31.5. The number of nitrogens with zero attached hydrogens (tertiary/aromatic N) is 3. The van der Waals surface area contributed by atoms with E-state index in [9.17, 15) is 33.7 Å². The molecular formula is C27H37BF2N4O6. The van der Waals surface area contributed by atoms with Crippen LogP contribution in [0.15, 0.2) is 35.9 Å². The number of carbonyl (C=O) groups excluding carboxylic acids is 2. The fourth-order valence-corrected chi connectivity index (χ4v) is 4.96. The van der Waals surface area contributed by atoms with Crippen molar-refractivity contribution >= 4 is 19.3 Å². The first-order valence-corrected chi connectivity index (χ1v) is 13.3. The zero-order chi connectivity index (χ0) is 29.5. The van der Waals surface area contributed by atoms with Crippen LogP contribution in [0.3, 0.4) is 0 Å². The molecule has 2 atom stereocenters. The molecule has 0 bridgehead atoms. The van der Waals surface area contributed by atoms with Crippen LogP contribution >= 0.6 is 0 Å². The van der Waals surface area contributed by atoms with Gasteiger partial charge in [0.25, 0.3) is 11.8 Å². The Morgan fingerprint density at radius 2 is 2.00 bits per heavy atom. The molecule has 0 aliphatic carbocycles. The lowest BCUT2D eigenvalue weighted by Gasteiger charge is -2.35. The van der Waals surface area contributed by atoms with Crippen LogP contribution < -0.4 is 5.32 Å². The van der Waals surface area contributed by atoms with Gasteiger partial charge in [0, 0.05) is 43.9 Å². The van der Waals surface area contributed by atoms with Gasteiger partial charge in [-0.25, -0.2) is 13.6 Å².